The standard InChI is InChI=1S/C23H20FN3O3/c1-13-9-14(2)22-17(10-13)20(26-29-22)11-21(28)27-8-7-19-18(12-27)23(30-25-19)15-3-5-16(24)6-4-15/h3-6,9-10H,7-8,11-12H2,1-2H3. The van der Waals surface area contributed by atoms with Gasteiger partial charge in [0.2, 0.25) is 5.91 Å². The van der Waals surface area contributed by atoms with Gasteiger partial charge in [0.15, 0.2) is 11.3 Å². The third-order valence-corrected chi connectivity index (χ3v) is 5.59. The molecule has 6 nitrogen and oxygen atoms in total. The van der Waals surface area contributed by atoms with Gasteiger partial charge in [-0.2, -0.15) is 0 Å². The van der Waals surface area contributed by atoms with E-state index in [0.717, 1.165) is 38.9 Å². The van der Waals surface area contributed by atoms with E-state index in [4.69, 9.17) is 9.05 Å². The average Bonchev–Trinajstić information content (AvgIpc) is 3.33. The summed E-state index contributed by atoms with van der Waals surface area (Å²) in [5.41, 5.74) is 5.95. The van der Waals surface area contributed by atoms with Gasteiger partial charge in [0.25, 0.3) is 0 Å². The Morgan fingerprint density at radius 3 is 2.73 bits per heavy atom. The molecule has 0 spiro atoms. The summed E-state index contributed by atoms with van der Waals surface area (Å²) in [6, 6.07) is 10.1. The van der Waals surface area contributed by atoms with Gasteiger partial charge >= 0.3 is 0 Å². The van der Waals surface area contributed by atoms with E-state index in [1.807, 2.05) is 26.0 Å². The van der Waals surface area contributed by atoms with Crippen molar-refractivity contribution in [3.05, 3.63) is 70.3 Å². The molecule has 0 N–H and O–H groups in total. The van der Waals surface area contributed by atoms with Crippen LogP contribution in [0.4, 0.5) is 4.39 Å². The van der Waals surface area contributed by atoms with Crippen LogP contribution in [0.2, 0.25) is 0 Å². The molecule has 0 saturated heterocycles. The first-order valence-corrected chi connectivity index (χ1v) is 9.86. The van der Waals surface area contributed by atoms with Gasteiger partial charge in [0.1, 0.15) is 11.5 Å². The topological polar surface area (TPSA) is 72.4 Å². The number of hydrogen-bond donors (Lipinski definition) is 0. The molecule has 0 fully saturated rings. The summed E-state index contributed by atoms with van der Waals surface area (Å²) < 4.78 is 24.3. The average molecular weight is 405 g/mol. The van der Waals surface area contributed by atoms with Crippen molar-refractivity contribution in [2.24, 2.45) is 0 Å². The van der Waals surface area contributed by atoms with Crippen LogP contribution in [-0.4, -0.2) is 27.7 Å². The van der Waals surface area contributed by atoms with Crippen LogP contribution in [0.3, 0.4) is 0 Å². The van der Waals surface area contributed by atoms with Crippen molar-refractivity contribution in [3.8, 4) is 11.3 Å². The second-order valence-corrected chi connectivity index (χ2v) is 7.77. The van der Waals surface area contributed by atoms with E-state index in [1.165, 1.54) is 12.1 Å². The molecule has 2 aromatic heterocycles. The third-order valence-electron chi connectivity index (χ3n) is 5.59. The quantitative estimate of drug-likeness (QED) is 0.506. The molecule has 30 heavy (non-hydrogen) atoms. The Morgan fingerprint density at radius 2 is 1.93 bits per heavy atom. The fraction of sp³-hybridized carbons (Fsp3) is 0.261. The number of halogens is 1. The first-order chi connectivity index (χ1) is 14.5. The van der Waals surface area contributed by atoms with Crippen LogP contribution in [0.25, 0.3) is 22.3 Å². The summed E-state index contributed by atoms with van der Waals surface area (Å²) in [5, 5.41) is 9.19. The highest BCUT2D eigenvalue weighted by Gasteiger charge is 2.28. The summed E-state index contributed by atoms with van der Waals surface area (Å²) >= 11 is 0. The molecule has 0 unspecified atom stereocenters. The molecular weight excluding hydrogens is 385 g/mol. The lowest BCUT2D eigenvalue weighted by atomic mass is 10.0. The van der Waals surface area contributed by atoms with Crippen molar-refractivity contribution < 1.29 is 18.2 Å². The number of amides is 1. The molecule has 0 radical (unpaired) electrons. The fourth-order valence-electron chi connectivity index (χ4n) is 4.08. The maximum absolute atomic E-state index is 13.3. The van der Waals surface area contributed by atoms with Crippen molar-refractivity contribution in [1.29, 1.82) is 0 Å². The largest absolute Gasteiger partial charge is 0.356 e. The Balaban J connectivity index is 1.39. The van der Waals surface area contributed by atoms with Crippen molar-refractivity contribution in [2.45, 2.75) is 33.2 Å². The third kappa shape index (κ3) is 3.16. The Bertz CT molecular complexity index is 1260. The Hall–Kier alpha value is -3.48. The van der Waals surface area contributed by atoms with Crippen molar-refractivity contribution in [1.82, 2.24) is 15.2 Å². The van der Waals surface area contributed by atoms with Gasteiger partial charge in [-0.15, -0.1) is 0 Å². The van der Waals surface area contributed by atoms with E-state index >= 15 is 0 Å². The SMILES string of the molecule is Cc1cc(C)c2onc(CC(=O)N3CCc4noc(-c5ccc(F)cc5)c4C3)c2c1. The monoisotopic (exact) mass is 405 g/mol. The van der Waals surface area contributed by atoms with Crippen LogP contribution in [0.1, 0.15) is 28.1 Å². The number of carbonyl (C=O) groups excluding carboxylic acids is 1. The minimum absolute atomic E-state index is 0.0266. The summed E-state index contributed by atoms with van der Waals surface area (Å²) in [6.45, 7) is 4.95. The van der Waals surface area contributed by atoms with Crippen LogP contribution in [-0.2, 0) is 24.2 Å². The van der Waals surface area contributed by atoms with Gasteiger partial charge in [-0.05, 0) is 55.3 Å². The zero-order valence-corrected chi connectivity index (χ0v) is 16.7. The summed E-state index contributed by atoms with van der Waals surface area (Å²) in [5.74, 6) is 0.246. The molecule has 0 saturated carbocycles. The van der Waals surface area contributed by atoms with E-state index in [0.29, 0.717) is 31.0 Å². The van der Waals surface area contributed by atoms with Crippen LogP contribution >= 0.6 is 0 Å². The smallest absolute Gasteiger partial charge is 0.229 e. The predicted molar refractivity (Wildman–Crippen MR) is 108 cm³/mol. The maximum Gasteiger partial charge on any atom is 0.229 e. The number of benzene rings is 2. The van der Waals surface area contributed by atoms with Crippen LogP contribution in [0, 0.1) is 19.7 Å². The molecule has 1 aliphatic heterocycles. The van der Waals surface area contributed by atoms with E-state index in [-0.39, 0.29) is 18.1 Å². The number of hydrogen-bond acceptors (Lipinski definition) is 5. The molecule has 1 amide bonds. The highest BCUT2D eigenvalue weighted by atomic mass is 19.1. The van der Waals surface area contributed by atoms with Gasteiger partial charge in [0.05, 0.1) is 18.7 Å². The molecule has 2 aromatic carbocycles. The van der Waals surface area contributed by atoms with Crippen molar-refractivity contribution in [3.63, 3.8) is 0 Å². The lowest BCUT2D eigenvalue weighted by molar-refractivity contribution is -0.131. The Labute approximate surface area is 172 Å². The highest BCUT2D eigenvalue weighted by molar-refractivity contribution is 5.88. The van der Waals surface area contributed by atoms with Crippen molar-refractivity contribution in [2.75, 3.05) is 6.54 Å². The molecule has 0 bridgehead atoms. The lowest BCUT2D eigenvalue weighted by Crippen LogP contribution is -2.37. The molecule has 5 rings (SSSR count). The molecule has 1 aliphatic rings. The molecule has 0 aliphatic carbocycles. The predicted octanol–water partition coefficient (Wildman–Crippen LogP) is 4.37. The highest BCUT2D eigenvalue weighted by Crippen LogP contribution is 2.31. The number of rotatable bonds is 3. The Morgan fingerprint density at radius 1 is 1.13 bits per heavy atom. The second-order valence-electron chi connectivity index (χ2n) is 7.77. The molecular formula is C23H20FN3O3. The minimum Gasteiger partial charge on any atom is -0.356 e. The van der Waals surface area contributed by atoms with E-state index < -0.39 is 0 Å². The second kappa shape index (κ2) is 7.09. The van der Waals surface area contributed by atoms with Crippen LogP contribution < -0.4 is 0 Å². The molecule has 3 heterocycles. The first-order valence-electron chi connectivity index (χ1n) is 9.86. The van der Waals surface area contributed by atoms with Crippen LogP contribution in [0.5, 0.6) is 0 Å². The molecule has 0 atom stereocenters. The molecule has 7 heteroatoms. The number of carbonyl (C=O) groups is 1. The molecule has 152 valence electrons. The lowest BCUT2D eigenvalue weighted by Gasteiger charge is -2.26. The van der Waals surface area contributed by atoms with Gasteiger partial charge in [-0.1, -0.05) is 16.4 Å². The number of fused-ring (bicyclic) bond motifs is 2. The number of nitrogens with zero attached hydrogens (tertiary/aromatic N) is 3. The van der Waals surface area contributed by atoms with Gasteiger partial charge in [0, 0.05) is 29.5 Å². The Kier molecular flexibility index (Phi) is 4.38. The zero-order chi connectivity index (χ0) is 20.8. The summed E-state index contributed by atoms with van der Waals surface area (Å²) in [4.78, 5) is 14.8. The van der Waals surface area contributed by atoms with Gasteiger partial charge in [-0.3, -0.25) is 4.79 Å². The van der Waals surface area contributed by atoms with Gasteiger partial charge < -0.3 is 13.9 Å². The first kappa shape index (κ1) is 18.5. The summed E-state index contributed by atoms with van der Waals surface area (Å²) in [7, 11) is 0. The van der Waals surface area contributed by atoms with E-state index in [1.54, 1.807) is 17.0 Å². The van der Waals surface area contributed by atoms with E-state index in [2.05, 4.69) is 10.3 Å². The van der Waals surface area contributed by atoms with Crippen molar-refractivity contribution >= 4 is 16.9 Å². The summed E-state index contributed by atoms with van der Waals surface area (Å²) in [6.07, 6.45) is 0.784. The normalized spacial score (nSPS) is 13.6. The minimum atomic E-state index is -0.311. The fourth-order valence-corrected chi connectivity index (χ4v) is 4.08. The maximum atomic E-state index is 13.3. The number of aryl methyl sites for hydroxylation is 2. The van der Waals surface area contributed by atoms with E-state index in [9.17, 15) is 9.18 Å². The number of aromatic nitrogens is 2. The zero-order valence-electron chi connectivity index (χ0n) is 16.7. The van der Waals surface area contributed by atoms with Crippen LogP contribution in [0.15, 0.2) is 45.4 Å². The van der Waals surface area contributed by atoms with Gasteiger partial charge in [-0.25, -0.2) is 4.39 Å². The molecule has 4 aromatic rings.